The highest BCUT2D eigenvalue weighted by atomic mass is 19.1. The van der Waals surface area contributed by atoms with E-state index in [1.807, 2.05) is 0 Å². The van der Waals surface area contributed by atoms with E-state index >= 15 is 0 Å². The van der Waals surface area contributed by atoms with Crippen LogP contribution in [0.1, 0.15) is 11.7 Å². The topological polar surface area (TPSA) is 79.9 Å². The van der Waals surface area contributed by atoms with Crippen molar-refractivity contribution in [3.8, 4) is 5.75 Å². The molecule has 0 spiro atoms. The first kappa shape index (κ1) is 15.8. The number of hydrogen-bond donors (Lipinski definition) is 3. The van der Waals surface area contributed by atoms with Crippen LogP contribution in [0.3, 0.4) is 0 Å². The number of anilines is 1. The van der Waals surface area contributed by atoms with Crippen LogP contribution in [0.15, 0.2) is 53.5 Å². The molecule has 2 aromatic rings. The molecule has 0 aliphatic rings. The summed E-state index contributed by atoms with van der Waals surface area (Å²) >= 11 is 0. The molecule has 5 nitrogen and oxygen atoms in total. The molecule has 0 fully saturated rings. The minimum absolute atomic E-state index is 0.0839. The van der Waals surface area contributed by atoms with Gasteiger partial charge in [-0.25, -0.2) is 4.39 Å². The van der Waals surface area contributed by atoms with E-state index in [0.29, 0.717) is 5.56 Å². The summed E-state index contributed by atoms with van der Waals surface area (Å²) in [6.07, 6.45) is -0.836. The molecule has 0 saturated carbocycles. The van der Waals surface area contributed by atoms with Crippen LogP contribution in [0.2, 0.25) is 0 Å². The number of hydrogen-bond acceptors (Lipinski definition) is 3. The third-order valence-electron chi connectivity index (χ3n) is 3.05. The zero-order valence-electron chi connectivity index (χ0n) is 12.2. The van der Waals surface area contributed by atoms with E-state index in [4.69, 9.17) is 10.5 Å². The van der Waals surface area contributed by atoms with Crippen molar-refractivity contribution in [2.24, 2.45) is 10.7 Å². The maximum atomic E-state index is 12.8. The minimum atomic E-state index is -0.836. The van der Waals surface area contributed by atoms with Gasteiger partial charge in [0.2, 0.25) is 0 Å². The monoisotopic (exact) mass is 303 g/mol. The fraction of sp³-hybridized carbons (Fsp3) is 0.188. The van der Waals surface area contributed by atoms with Crippen LogP contribution in [0, 0.1) is 5.82 Å². The third-order valence-corrected chi connectivity index (χ3v) is 3.05. The van der Waals surface area contributed by atoms with Crippen molar-refractivity contribution < 1.29 is 14.2 Å². The van der Waals surface area contributed by atoms with E-state index in [9.17, 15) is 9.50 Å². The first-order valence-corrected chi connectivity index (χ1v) is 6.73. The van der Waals surface area contributed by atoms with E-state index in [1.54, 1.807) is 31.4 Å². The van der Waals surface area contributed by atoms with Crippen LogP contribution >= 0.6 is 0 Å². The van der Waals surface area contributed by atoms with E-state index in [0.717, 1.165) is 11.4 Å². The Hall–Kier alpha value is -2.60. The zero-order valence-corrected chi connectivity index (χ0v) is 12.2. The number of ether oxygens (including phenoxy) is 1. The maximum Gasteiger partial charge on any atom is 0.193 e. The van der Waals surface area contributed by atoms with Crippen LogP contribution in [-0.4, -0.2) is 24.7 Å². The van der Waals surface area contributed by atoms with Gasteiger partial charge in [-0.2, -0.15) is 0 Å². The average molecular weight is 303 g/mol. The second-order valence-electron chi connectivity index (χ2n) is 4.65. The highest BCUT2D eigenvalue weighted by molar-refractivity contribution is 5.92. The lowest BCUT2D eigenvalue weighted by atomic mass is 10.1. The van der Waals surface area contributed by atoms with Crippen molar-refractivity contribution in [1.82, 2.24) is 0 Å². The fourth-order valence-electron chi connectivity index (χ4n) is 1.84. The molecular weight excluding hydrogens is 285 g/mol. The maximum absolute atomic E-state index is 12.8. The van der Waals surface area contributed by atoms with Crippen LogP contribution in [-0.2, 0) is 0 Å². The summed E-state index contributed by atoms with van der Waals surface area (Å²) in [4.78, 5) is 4.07. The number of nitrogens with two attached hydrogens (primary N) is 1. The molecular formula is C16H18FN3O2. The highest BCUT2D eigenvalue weighted by Crippen LogP contribution is 2.15. The number of aliphatic imine (C=N–C) groups is 1. The first-order chi connectivity index (χ1) is 10.6. The lowest BCUT2D eigenvalue weighted by Gasteiger charge is -2.10. The summed E-state index contributed by atoms with van der Waals surface area (Å²) in [5.41, 5.74) is 7.11. The van der Waals surface area contributed by atoms with Crippen molar-refractivity contribution in [1.29, 1.82) is 0 Å². The Morgan fingerprint density at radius 1 is 1.23 bits per heavy atom. The van der Waals surface area contributed by atoms with E-state index < -0.39 is 6.10 Å². The summed E-state index contributed by atoms with van der Waals surface area (Å²) < 4.78 is 17.9. The Morgan fingerprint density at radius 2 is 1.86 bits per heavy atom. The smallest absolute Gasteiger partial charge is 0.193 e. The predicted molar refractivity (Wildman–Crippen MR) is 84.5 cm³/mol. The van der Waals surface area contributed by atoms with Crippen molar-refractivity contribution >= 4 is 11.6 Å². The van der Waals surface area contributed by atoms with Crippen LogP contribution in [0.4, 0.5) is 10.1 Å². The van der Waals surface area contributed by atoms with Crippen molar-refractivity contribution in [2.75, 3.05) is 19.0 Å². The van der Waals surface area contributed by atoms with Gasteiger partial charge in [-0.3, -0.25) is 4.99 Å². The van der Waals surface area contributed by atoms with Gasteiger partial charge in [-0.05, 0) is 42.0 Å². The number of nitrogens with one attached hydrogen (secondary N) is 1. The molecule has 0 amide bonds. The number of aliphatic hydroxyl groups excluding tert-OH is 1. The Labute approximate surface area is 128 Å². The number of guanidine groups is 1. The van der Waals surface area contributed by atoms with Gasteiger partial charge in [0.15, 0.2) is 5.96 Å². The molecule has 0 heterocycles. The zero-order chi connectivity index (χ0) is 15.9. The molecule has 116 valence electrons. The van der Waals surface area contributed by atoms with Gasteiger partial charge in [0.05, 0.1) is 19.8 Å². The molecule has 0 saturated heterocycles. The number of halogens is 1. The molecule has 6 heteroatoms. The average Bonchev–Trinajstić information content (AvgIpc) is 2.54. The number of benzene rings is 2. The van der Waals surface area contributed by atoms with Gasteiger partial charge in [0, 0.05) is 5.69 Å². The normalized spacial score (nSPS) is 12.8. The molecule has 0 aliphatic heterocycles. The molecule has 2 rings (SSSR count). The standard InChI is InChI=1S/C16H18FN3O2/c1-22-14-8-6-13(7-9-14)20-16(18)19-10-15(21)11-2-4-12(17)5-3-11/h2-9,15,21H,10H2,1H3,(H3,18,19,20). The number of aliphatic hydroxyl groups is 1. The SMILES string of the molecule is COc1ccc(NC(N)=NCC(O)c2ccc(F)cc2)cc1. The van der Waals surface area contributed by atoms with Gasteiger partial charge >= 0.3 is 0 Å². The molecule has 0 radical (unpaired) electrons. The quantitative estimate of drug-likeness (QED) is 0.585. The highest BCUT2D eigenvalue weighted by Gasteiger charge is 2.07. The Kier molecular flexibility index (Phi) is 5.32. The first-order valence-electron chi connectivity index (χ1n) is 6.73. The minimum Gasteiger partial charge on any atom is -0.497 e. The Morgan fingerprint density at radius 3 is 2.45 bits per heavy atom. The van der Waals surface area contributed by atoms with Gasteiger partial charge in [-0.1, -0.05) is 12.1 Å². The summed E-state index contributed by atoms with van der Waals surface area (Å²) in [5.74, 6) is 0.583. The largest absolute Gasteiger partial charge is 0.497 e. The van der Waals surface area contributed by atoms with E-state index in [-0.39, 0.29) is 18.3 Å². The van der Waals surface area contributed by atoms with E-state index in [1.165, 1.54) is 24.3 Å². The van der Waals surface area contributed by atoms with Crippen molar-refractivity contribution in [3.05, 3.63) is 59.9 Å². The molecule has 1 atom stereocenters. The molecule has 2 aromatic carbocycles. The van der Waals surface area contributed by atoms with Gasteiger partial charge in [0.1, 0.15) is 11.6 Å². The summed E-state index contributed by atoms with van der Waals surface area (Å²) in [6.45, 7) is 0.0839. The molecule has 4 N–H and O–H groups in total. The third kappa shape index (κ3) is 4.46. The second kappa shape index (κ2) is 7.42. The van der Waals surface area contributed by atoms with E-state index in [2.05, 4.69) is 10.3 Å². The fourth-order valence-corrected chi connectivity index (χ4v) is 1.84. The molecule has 0 bridgehead atoms. The van der Waals surface area contributed by atoms with Crippen molar-refractivity contribution in [3.63, 3.8) is 0 Å². The Balaban J connectivity index is 1.92. The Bertz CT molecular complexity index is 627. The van der Waals surface area contributed by atoms with Crippen LogP contribution in [0.5, 0.6) is 5.75 Å². The molecule has 0 aliphatic carbocycles. The number of rotatable bonds is 5. The lowest BCUT2D eigenvalue weighted by molar-refractivity contribution is 0.187. The predicted octanol–water partition coefficient (Wildman–Crippen LogP) is 2.29. The van der Waals surface area contributed by atoms with Gasteiger partial charge < -0.3 is 20.9 Å². The summed E-state index contributed by atoms with van der Waals surface area (Å²) in [5, 5.41) is 12.9. The van der Waals surface area contributed by atoms with Crippen LogP contribution < -0.4 is 15.8 Å². The van der Waals surface area contributed by atoms with Gasteiger partial charge in [-0.15, -0.1) is 0 Å². The lowest BCUT2D eigenvalue weighted by Crippen LogP contribution is -2.23. The molecule has 22 heavy (non-hydrogen) atoms. The van der Waals surface area contributed by atoms with Crippen molar-refractivity contribution in [2.45, 2.75) is 6.10 Å². The van der Waals surface area contributed by atoms with Gasteiger partial charge in [0.25, 0.3) is 0 Å². The number of methoxy groups -OCH3 is 1. The molecule has 1 unspecified atom stereocenters. The summed E-state index contributed by atoms with van der Waals surface area (Å²) in [7, 11) is 1.59. The summed E-state index contributed by atoms with van der Waals surface area (Å²) in [6, 6.07) is 12.8. The van der Waals surface area contributed by atoms with Crippen LogP contribution in [0.25, 0.3) is 0 Å². The second-order valence-corrected chi connectivity index (χ2v) is 4.65. The number of nitrogens with zero attached hydrogens (tertiary/aromatic N) is 1. The molecule has 0 aromatic heterocycles.